The Hall–Kier alpha value is -0.710. The SMILES string of the molecule is Clc1cnc(CNc2ccccc2SC2CCCC2)s1. The molecule has 0 amide bonds. The van der Waals surface area contributed by atoms with Gasteiger partial charge in [-0.15, -0.1) is 23.1 Å². The summed E-state index contributed by atoms with van der Waals surface area (Å²) in [6.07, 6.45) is 7.17. The molecule has 2 aromatic rings. The molecule has 0 aliphatic heterocycles. The van der Waals surface area contributed by atoms with Crippen LogP contribution in [0.4, 0.5) is 5.69 Å². The van der Waals surface area contributed by atoms with Gasteiger partial charge in [-0.25, -0.2) is 4.98 Å². The van der Waals surface area contributed by atoms with E-state index in [1.54, 1.807) is 6.20 Å². The number of thioether (sulfide) groups is 1. The minimum absolute atomic E-state index is 0.736. The van der Waals surface area contributed by atoms with Crippen LogP contribution < -0.4 is 5.32 Å². The summed E-state index contributed by atoms with van der Waals surface area (Å²) in [6, 6.07) is 8.55. The van der Waals surface area contributed by atoms with Gasteiger partial charge >= 0.3 is 0 Å². The molecule has 2 nitrogen and oxygen atoms in total. The molecule has 1 aliphatic rings. The van der Waals surface area contributed by atoms with Gasteiger partial charge in [0.1, 0.15) is 9.34 Å². The lowest BCUT2D eigenvalue weighted by atomic mass is 10.3. The van der Waals surface area contributed by atoms with Crippen molar-refractivity contribution in [3.63, 3.8) is 0 Å². The molecule has 1 aromatic carbocycles. The van der Waals surface area contributed by atoms with Crippen molar-refractivity contribution in [2.75, 3.05) is 5.32 Å². The zero-order chi connectivity index (χ0) is 13.8. The summed E-state index contributed by atoms with van der Waals surface area (Å²) in [5.74, 6) is 0. The second-order valence-corrected chi connectivity index (χ2v) is 8.02. The summed E-state index contributed by atoms with van der Waals surface area (Å²) < 4.78 is 0.746. The molecule has 0 atom stereocenters. The number of para-hydroxylation sites is 1. The number of hydrogen-bond acceptors (Lipinski definition) is 4. The predicted molar refractivity (Wildman–Crippen MR) is 89.0 cm³/mol. The molecule has 1 aliphatic carbocycles. The molecule has 1 heterocycles. The van der Waals surface area contributed by atoms with Crippen molar-refractivity contribution in [2.24, 2.45) is 0 Å². The average Bonchev–Trinajstić information content (AvgIpc) is 3.10. The molecule has 106 valence electrons. The van der Waals surface area contributed by atoms with Gasteiger partial charge in [0.05, 0.1) is 12.7 Å². The quantitative estimate of drug-likeness (QED) is 0.792. The molecule has 0 spiro atoms. The summed E-state index contributed by atoms with van der Waals surface area (Å²) in [7, 11) is 0. The average molecular weight is 325 g/mol. The Morgan fingerprint density at radius 2 is 2.10 bits per heavy atom. The lowest BCUT2D eigenvalue weighted by Crippen LogP contribution is -2.01. The third-order valence-electron chi connectivity index (χ3n) is 3.44. The summed E-state index contributed by atoms with van der Waals surface area (Å²) in [5.41, 5.74) is 1.20. The topological polar surface area (TPSA) is 24.9 Å². The van der Waals surface area contributed by atoms with Gasteiger partial charge in [0, 0.05) is 15.8 Å². The van der Waals surface area contributed by atoms with E-state index in [0.717, 1.165) is 21.1 Å². The number of anilines is 1. The number of benzene rings is 1. The van der Waals surface area contributed by atoms with Crippen molar-refractivity contribution in [3.8, 4) is 0 Å². The second-order valence-electron chi connectivity index (χ2n) is 4.93. The fourth-order valence-electron chi connectivity index (χ4n) is 2.44. The fraction of sp³-hybridized carbons (Fsp3) is 0.400. The largest absolute Gasteiger partial charge is 0.378 e. The maximum absolute atomic E-state index is 5.91. The van der Waals surface area contributed by atoms with Crippen LogP contribution in [-0.4, -0.2) is 10.2 Å². The molecule has 0 radical (unpaired) electrons. The Balaban J connectivity index is 1.65. The van der Waals surface area contributed by atoms with E-state index in [9.17, 15) is 0 Å². The van der Waals surface area contributed by atoms with Gasteiger partial charge < -0.3 is 5.32 Å². The molecule has 3 rings (SSSR count). The minimum Gasteiger partial charge on any atom is -0.378 e. The maximum atomic E-state index is 5.91. The molecule has 5 heteroatoms. The van der Waals surface area contributed by atoms with Gasteiger partial charge in [0.2, 0.25) is 0 Å². The zero-order valence-corrected chi connectivity index (χ0v) is 13.5. The molecule has 0 bridgehead atoms. The first-order valence-electron chi connectivity index (χ1n) is 6.91. The molecule has 0 unspecified atom stereocenters. The third kappa shape index (κ3) is 3.68. The highest BCUT2D eigenvalue weighted by Crippen LogP contribution is 2.38. The summed E-state index contributed by atoms with van der Waals surface area (Å²) >= 11 is 9.45. The van der Waals surface area contributed by atoms with E-state index in [1.165, 1.54) is 47.6 Å². The van der Waals surface area contributed by atoms with Crippen molar-refractivity contribution in [3.05, 3.63) is 39.8 Å². The normalized spacial score (nSPS) is 15.7. The Morgan fingerprint density at radius 3 is 2.85 bits per heavy atom. The number of rotatable bonds is 5. The monoisotopic (exact) mass is 324 g/mol. The smallest absolute Gasteiger partial charge is 0.113 e. The number of thiazole rings is 1. The van der Waals surface area contributed by atoms with E-state index in [2.05, 4.69) is 34.6 Å². The second kappa shape index (κ2) is 6.83. The van der Waals surface area contributed by atoms with Crippen molar-refractivity contribution >= 4 is 40.4 Å². The highest BCUT2D eigenvalue weighted by Gasteiger charge is 2.17. The first-order chi connectivity index (χ1) is 9.81. The van der Waals surface area contributed by atoms with Crippen LogP contribution in [0.15, 0.2) is 35.4 Å². The van der Waals surface area contributed by atoms with Crippen LogP contribution >= 0.6 is 34.7 Å². The Morgan fingerprint density at radius 1 is 1.30 bits per heavy atom. The van der Waals surface area contributed by atoms with Crippen LogP contribution in [0.2, 0.25) is 4.34 Å². The summed E-state index contributed by atoms with van der Waals surface area (Å²) in [5, 5.41) is 5.29. The predicted octanol–water partition coefficient (Wildman–Crippen LogP) is 5.44. The van der Waals surface area contributed by atoms with Crippen LogP contribution in [0.5, 0.6) is 0 Å². The fourth-order valence-corrected chi connectivity index (χ4v) is 4.69. The number of nitrogens with one attached hydrogen (secondary N) is 1. The zero-order valence-electron chi connectivity index (χ0n) is 11.1. The molecular formula is C15H17ClN2S2. The van der Waals surface area contributed by atoms with Crippen LogP contribution in [-0.2, 0) is 6.54 Å². The van der Waals surface area contributed by atoms with Crippen LogP contribution in [0.3, 0.4) is 0 Å². The van der Waals surface area contributed by atoms with Gasteiger partial charge in [-0.3, -0.25) is 0 Å². The van der Waals surface area contributed by atoms with E-state index in [1.807, 2.05) is 11.8 Å². The Kier molecular flexibility index (Phi) is 4.86. The van der Waals surface area contributed by atoms with E-state index in [-0.39, 0.29) is 0 Å². The number of aromatic nitrogens is 1. The van der Waals surface area contributed by atoms with Gasteiger partial charge in [0.25, 0.3) is 0 Å². The lowest BCUT2D eigenvalue weighted by Gasteiger charge is -2.14. The third-order valence-corrected chi connectivity index (χ3v) is 5.97. The highest BCUT2D eigenvalue weighted by atomic mass is 35.5. The van der Waals surface area contributed by atoms with E-state index >= 15 is 0 Å². The van der Waals surface area contributed by atoms with Gasteiger partial charge in [0.15, 0.2) is 0 Å². The van der Waals surface area contributed by atoms with E-state index in [0.29, 0.717) is 0 Å². The minimum atomic E-state index is 0.736. The molecule has 1 N–H and O–H groups in total. The van der Waals surface area contributed by atoms with Crippen LogP contribution in [0, 0.1) is 0 Å². The first kappa shape index (κ1) is 14.2. The van der Waals surface area contributed by atoms with Crippen LogP contribution in [0.25, 0.3) is 0 Å². The van der Waals surface area contributed by atoms with Crippen molar-refractivity contribution < 1.29 is 0 Å². The Bertz CT molecular complexity index is 565. The lowest BCUT2D eigenvalue weighted by molar-refractivity contribution is 0.886. The molecule has 1 fully saturated rings. The number of hydrogen-bond donors (Lipinski definition) is 1. The van der Waals surface area contributed by atoms with Gasteiger partial charge in [-0.1, -0.05) is 36.6 Å². The van der Waals surface area contributed by atoms with E-state index < -0.39 is 0 Å². The number of nitrogens with zero attached hydrogens (tertiary/aromatic N) is 1. The maximum Gasteiger partial charge on any atom is 0.113 e. The molecule has 20 heavy (non-hydrogen) atoms. The standard InChI is InChI=1S/C15H17ClN2S2/c16-14-9-18-15(20-14)10-17-12-7-3-4-8-13(12)19-11-5-1-2-6-11/h3-4,7-9,11,17H,1-2,5-6,10H2. The molecule has 0 saturated heterocycles. The van der Waals surface area contributed by atoms with Gasteiger partial charge in [-0.2, -0.15) is 0 Å². The summed E-state index contributed by atoms with van der Waals surface area (Å²) in [6.45, 7) is 0.736. The Labute approximate surface area is 133 Å². The van der Waals surface area contributed by atoms with Crippen molar-refractivity contribution in [2.45, 2.75) is 42.4 Å². The first-order valence-corrected chi connectivity index (χ1v) is 8.98. The summed E-state index contributed by atoms with van der Waals surface area (Å²) in [4.78, 5) is 5.63. The molecule has 1 saturated carbocycles. The molecular weight excluding hydrogens is 308 g/mol. The highest BCUT2D eigenvalue weighted by molar-refractivity contribution is 8.00. The van der Waals surface area contributed by atoms with E-state index in [4.69, 9.17) is 11.6 Å². The van der Waals surface area contributed by atoms with Gasteiger partial charge in [-0.05, 0) is 25.0 Å². The van der Waals surface area contributed by atoms with Crippen LogP contribution in [0.1, 0.15) is 30.7 Å². The molecule has 1 aromatic heterocycles. The number of halogens is 1. The van der Waals surface area contributed by atoms with Crippen molar-refractivity contribution in [1.29, 1.82) is 0 Å². The van der Waals surface area contributed by atoms with Crippen molar-refractivity contribution in [1.82, 2.24) is 4.98 Å².